The van der Waals surface area contributed by atoms with E-state index in [2.05, 4.69) is 10.5 Å². The number of halogens is 1. The van der Waals surface area contributed by atoms with Crippen LogP contribution in [0.2, 0.25) is 0 Å². The van der Waals surface area contributed by atoms with Crippen LogP contribution in [-0.2, 0) is 4.74 Å². The van der Waals surface area contributed by atoms with Gasteiger partial charge in [0.05, 0.1) is 37.8 Å². The van der Waals surface area contributed by atoms with E-state index in [4.69, 9.17) is 9.47 Å². The highest BCUT2D eigenvalue weighted by molar-refractivity contribution is 5.97. The van der Waals surface area contributed by atoms with E-state index in [1.165, 1.54) is 19.4 Å². The summed E-state index contributed by atoms with van der Waals surface area (Å²) in [6, 6.07) is 11.7. The number of anilines is 1. The maximum absolute atomic E-state index is 14.3. The molecule has 1 fully saturated rings. The molecule has 0 atom stereocenters. The van der Waals surface area contributed by atoms with Crippen LogP contribution < -0.4 is 15.1 Å². The van der Waals surface area contributed by atoms with Crippen LogP contribution in [0.4, 0.5) is 10.1 Å². The Balaban J connectivity index is 1.65. The number of carbonyl (C=O) groups excluding carboxylic acids is 1. The summed E-state index contributed by atoms with van der Waals surface area (Å²) in [5.74, 6) is -0.267. The lowest BCUT2D eigenvalue weighted by molar-refractivity contribution is 0.0952. The van der Waals surface area contributed by atoms with Crippen molar-refractivity contribution in [3.8, 4) is 5.75 Å². The highest BCUT2D eigenvalue weighted by atomic mass is 19.1. The number of morpholine rings is 1. The predicted octanol–water partition coefficient (Wildman–Crippen LogP) is 2.43. The van der Waals surface area contributed by atoms with Crippen molar-refractivity contribution < 1.29 is 18.7 Å². The number of hydrogen-bond donors (Lipinski definition) is 1. The van der Waals surface area contributed by atoms with Crippen LogP contribution in [0.15, 0.2) is 47.6 Å². The van der Waals surface area contributed by atoms with Crippen molar-refractivity contribution in [2.75, 3.05) is 38.3 Å². The SMILES string of the molecule is COc1ccccc1C(=O)N/N=C\c1ccc(N2CCOCC2)c(F)c1. The Morgan fingerprint density at radius 2 is 2.04 bits per heavy atom. The summed E-state index contributed by atoms with van der Waals surface area (Å²) < 4.78 is 24.8. The summed E-state index contributed by atoms with van der Waals surface area (Å²) in [5.41, 5.74) is 3.90. The van der Waals surface area contributed by atoms with Gasteiger partial charge in [0.1, 0.15) is 11.6 Å². The van der Waals surface area contributed by atoms with Crippen molar-refractivity contribution in [2.45, 2.75) is 0 Å². The van der Waals surface area contributed by atoms with Crippen LogP contribution >= 0.6 is 0 Å². The van der Waals surface area contributed by atoms with Crippen molar-refractivity contribution in [3.63, 3.8) is 0 Å². The topological polar surface area (TPSA) is 63.2 Å². The molecule has 26 heavy (non-hydrogen) atoms. The number of nitrogens with one attached hydrogen (secondary N) is 1. The number of hydrogen-bond acceptors (Lipinski definition) is 5. The molecule has 1 saturated heterocycles. The third-order valence-electron chi connectivity index (χ3n) is 4.05. The molecule has 1 heterocycles. The minimum Gasteiger partial charge on any atom is -0.496 e. The number of methoxy groups -OCH3 is 1. The first kappa shape index (κ1) is 17.9. The summed E-state index contributed by atoms with van der Waals surface area (Å²) >= 11 is 0. The molecule has 0 bridgehead atoms. The maximum atomic E-state index is 14.3. The zero-order valence-corrected chi connectivity index (χ0v) is 14.4. The summed E-state index contributed by atoms with van der Waals surface area (Å²) in [6.45, 7) is 2.52. The van der Waals surface area contributed by atoms with Gasteiger partial charge in [0.2, 0.25) is 0 Å². The van der Waals surface area contributed by atoms with Gasteiger partial charge in [-0.15, -0.1) is 0 Å². The molecule has 0 radical (unpaired) electrons. The molecule has 2 aromatic rings. The van der Waals surface area contributed by atoms with Gasteiger partial charge in [-0.2, -0.15) is 5.10 Å². The zero-order chi connectivity index (χ0) is 18.4. The molecule has 0 unspecified atom stereocenters. The lowest BCUT2D eigenvalue weighted by Gasteiger charge is -2.29. The average Bonchev–Trinajstić information content (AvgIpc) is 2.68. The molecule has 3 rings (SSSR count). The number of amides is 1. The van der Waals surface area contributed by atoms with Gasteiger partial charge in [-0.1, -0.05) is 18.2 Å². The van der Waals surface area contributed by atoms with Gasteiger partial charge in [0, 0.05) is 13.1 Å². The lowest BCUT2D eigenvalue weighted by Crippen LogP contribution is -2.36. The number of nitrogens with zero attached hydrogens (tertiary/aromatic N) is 2. The summed E-state index contributed by atoms with van der Waals surface area (Å²) in [7, 11) is 1.49. The van der Waals surface area contributed by atoms with Gasteiger partial charge in [-0.3, -0.25) is 4.79 Å². The lowest BCUT2D eigenvalue weighted by atomic mass is 10.2. The standard InChI is InChI=1S/C19H20FN3O3/c1-25-18-5-3-2-4-15(18)19(24)22-21-13-14-6-7-17(16(20)12-14)23-8-10-26-11-9-23/h2-7,12-13H,8-11H2,1H3,(H,22,24)/b21-13-. The number of para-hydroxylation sites is 1. The molecule has 7 heteroatoms. The monoisotopic (exact) mass is 357 g/mol. The third-order valence-corrected chi connectivity index (χ3v) is 4.05. The van der Waals surface area contributed by atoms with Crippen LogP contribution in [0.25, 0.3) is 0 Å². The molecule has 2 aromatic carbocycles. The van der Waals surface area contributed by atoms with E-state index >= 15 is 0 Å². The van der Waals surface area contributed by atoms with Gasteiger partial charge < -0.3 is 14.4 Å². The molecule has 1 N–H and O–H groups in total. The summed E-state index contributed by atoms with van der Waals surface area (Å²) in [5, 5.41) is 3.90. The molecule has 1 aliphatic heterocycles. The van der Waals surface area contributed by atoms with E-state index in [1.54, 1.807) is 36.4 Å². The number of rotatable bonds is 5. The van der Waals surface area contributed by atoms with Gasteiger partial charge in [-0.05, 0) is 29.8 Å². The first-order chi connectivity index (χ1) is 12.7. The minimum atomic E-state index is -0.399. The molecule has 1 amide bonds. The van der Waals surface area contributed by atoms with Crippen molar-refractivity contribution in [2.24, 2.45) is 5.10 Å². The van der Waals surface area contributed by atoms with Crippen LogP contribution in [0.3, 0.4) is 0 Å². The maximum Gasteiger partial charge on any atom is 0.275 e. The Morgan fingerprint density at radius 1 is 1.27 bits per heavy atom. The Labute approximate surface area is 151 Å². The van der Waals surface area contributed by atoms with E-state index in [-0.39, 0.29) is 5.82 Å². The molecule has 0 aliphatic carbocycles. The van der Waals surface area contributed by atoms with E-state index < -0.39 is 5.91 Å². The Hall–Kier alpha value is -2.93. The van der Waals surface area contributed by atoms with Gasteiger partial charge >= 0.3 is 0 Å². The van der Waals surface area contributed by atoms with Crippen LogP contribution in [0, 0.1) is 5.82 Å². The first-order valence-electron chi connectivity index (χ1n) is 8.27. The second kappa shape index (κ2) is 8.44. The van der Waals surface area contributed by atoms with E-state index in [9.17, 15) is 9.18 Å². The molecular formula is C19H20FN3O3. The zero-order valence-electron chi connectivity index (χ0n) is 14.4. The Morgan fingerprint density at radius 3 is 2.77 bits per heavy atom. The first-order valence-corrected chi connectivity index (χ1v) is 8.27. The highest BCUT2D eigenvalue weighted by Gasteiger charge is 2.15. The minimum absolute atomic E-state index is 0.327. The molecular weight excluding hydrogens is 337 g/mol. The molecule has 0 spiro atoms. The van der Waals surface area contributed by atoms with Crippen molar-refractivity contribution >= 4 is 17.8 Å². The quantitative estimate of drug-likeness (QED) is 0.659. The third kappa shape index (κ3) is 4.18. The average molecular weight is 357 g/mol. The predicted molar refractivity (Wildman–Crippen MR) is 97.5 cm³/mol. The van der Waals surface area contributed by atoms with Crippen molar-refractivity contribution in [1.29, 1.82) is 0 Å². The molecule has 136 valence electrons. The summed E-state index contributed by atoms with van der Waals surface area (Å²) in [4.78, 5) is 14.1. The van der Waals surface area contributed by atoms with Gasteiger partial charge in [0.15, 0.2) is 0 Å². The van der Waals surface area contributed by atoms with Crippen LogP contribution in [0.5, 0.6) is 5.75 Å². The Kier molecular flexibility index (Phi) is 5.80. The second-order valence-electron chi connectivity index (χ2n) is 5.71. The van der Waals surface area contributed by atoms with Crippen LogP contribution in [-0.4, -0.2) is 45.5 Å². The van der Waals surface area contributed by atoms with Gasteiger partial charge in [0.25, 0.3) is 5.91 Å². The molecule has 1 aliphatic rings. The fourth-order valence-corrected chi connectivity index (χ4v) is 2.72. The highest BCUT2D eigenvalue weighted by Crippen LogP contribution is 2.21. The normalized spacial score (nSPS) is 14.5. The second-order valence-corrected chi connectivity index (χ2v) is 5.71. The molecule has 0 aromatic heterocycles. The van der Waals surface area contributed by atoms with E-state index in [0.29, 0.717) is 48.9 Å². The summed E-state index contributed by atoms with van der Waals surface area (Å²) in [6.07, 6.45) is 1.40. The fraction of sp³-hybridized carbons (Fsp3) is 0.263. The smallest absolute Gasteiger partial charge is 0.275 e. The van der Waals surface area contributed by atoms with E-state index in [1.807, 2.05) is 4.90 Å². The number of ether oxygens (including phenoxy) is 2. The fourth-order valence-electron chi connectivity index (χ4n) is 2.72. The Bertz CT molecular complexity index is 804. The number of hydrazone groups is 1. The van der Waals surface area contributed by atoms with E-state index in [0.717, 1.165) is 0 Å². The largest absolute Gasteiger partial charge is 0.496 e. The number of carbonyl (C=O) groups is 1. The number of benzene rings is 2. The van der Waals surface area contributed by atoms with Crippen molar-refractivity contribution in [1.82, 2.24) is 5.43 Å². The van der Waals surface area contributed by atoms with Gasteiger partial charge in [-0.25, -0.2) is 9.82 Å². The van der Waals surface area contributed by atoms with Crippen molar-refractivity contribution in [3.05, 3.63) is 59.4 Å². The molecule has 0 saturated carbocycles. The molecule has 6 nitrogen and oxygen atoms in total. The van der Waals surface area contributed by atoms with Crippen LogP contribution in [0.1, 0.15) is 15.9 Å².